The van der Waals surface area contributed by atoms with Crippen LogP contribution in [0.15, 0.2) is 0 Å². The van der Waals surface area contributed by atoms with Gasteiger partial charge < -0.3 is 5.73 Å². The molecule has 94 valence electrons. The maximum absolute atomic E-state index is 12.1. The van der Waals surface area contributed by atoms with Gasteiger partial charge in [0.2, 0.25) is 0 Å². The number of nitrogens with two attached hydrogens (primary N) is 1. The van der Waals surface area contributed by atoms with Crippen molar-refractivity contribution in [1.82, 2.24) is 0 Å². The zero-order valence-electron chi connectivity index (χ0n) is 10.9. The van der Waals surface area contributed by atoms with Crippen molar-refractivity contribution >= 4 is 5.78 Å². The highest BCUT2D eigenvalue weighted by Gasteiger charge is 2.30. The summed E-state index contributed by atoms with van der Waals surface area (Å²) in [6.45, 7) is 4.41. The third kappa shape index (κ3) is 3.89. The Kier molecular flexibility index (Phi) is 6.04. The molecule has 0 amide bonds. The molecule has 0 radical (unpaired) electrons. The molecule has 1 fully saturated rings. The Hall–Kier alpha value is -0.370. The topological polar surface area (TPSA) is 43.1 Å². The van der Waals surface area contributed by atoms with Gasteiger partial charge in [0.25, 0.3) is 0 Å². The minimum absolute atomic E-state index is 0.149. The number of ketones is 1. The van der Waals surface area contributed by atoms with E-state index in [1.165, 1.54) is 19.3 Å². The van der Waals surface area contributed by atoms with Gasteiger partial charge in [-0.3, -0.25) is 4.79 Å². The number of rotatable bonds is 7. The van der Waals surface area contributed by atoms with Crippen LogP contribution in [0.2, 0.25) is 0 Å². The van der Waals surface area contributed by atoms with E-state index in [0.29, 0.717) is 11.7 Å². The van der Waals surface area contributed by atoms with Gasteiger partial charge in [0.1, 0.15) is 5.78 Å². The Morgan fingerprint density at radius 3 is 2.62 bits per heavy atom. The van der Waals surface area contributed by atoms with Crippen molar-refractivity contribution in [3.63, 3.8) is 0 Å². The second-order valence-electron chi connectivity index (χ2n) is 5.29. The van der Waals surface area contributed by atoms with E-state index >= 15 is 0 Å². The first-order valence-corrected chi connectivity index (χ1v) is 6.97. The summed E-state index contributed by atoms with van der Waals surface area (Å²) < 4.78 is 0. The van der Waals surface area contributed by atoms with Crippen LogP contribution in [0.25, 0.3) is 0 Å². The van der Waals surface area contributed by atoms with E-state index in [-0.39, 0.29) is 12.0 Å². The molecule has 2 heteroatoms. The Morgan fingerprint density at radius 2 is 2.12 bits per heavy atom. The summed E-state index contributed by atoms with van der Waals surface area (Å²) in [4.78, 5) is 12.1. The van der Waals surface area contributed by atoms with E-state index in [1.54, 1.807) is 0 Å². The van der Waals surface area contributed by atoms with Crippen molar-refractivity contribution < 1.29 is 4.79 Å². The summed E-state index contributed by atoms with van der Waals surface area (Å²) in [5.74, 6) is 1.21. The van der Waals surface area contributed by atoms with Gasteiger partial charge in [0.15, 0.2) is 0 Å². The lowest BCUT2D eigenvalue weighted by atomic mass is 9.87. The predicted octanol–water partition coefficient (Wildman–Crippen LogP) is 3.29. The van der Waals surface area contributed by atoms with Crippen molar-refractivity contribution in [3.8, 4) is 0 Å². The van der Waals surface area contributed by atoms with Crippen LogP contribution in [-0.4, -0.2) is 11.8 Å². The smallest absolute Gasteiger partial charge is 0.137 e. The summed E-state index contributed by atoms with van der Waals surface area (Å²) in [7, 11) is 0. The van der Waals surface area contributed by atoms with E-state index in [2.05, 4.69) is 13.8 Å². The highest BCUT2D eigenvalue weighted by Crippen LogP contribution is 2.28. The Morgan fingerprint density at radius 1 is 1.38 bits per heavy atom. The quantitative estimate of drug-likeness (QED) is 0.722. The predicted molar refractivity (Wildman–Crippen MR) is 68.2 cm³/mol. The van der Waals surface area contributed by atoms with Crippen LogP contribution in [0, 0.1) is 11.8 Å². The maximum atomic E-state index is 12.1. The molecule has 2 nitrogen and oxygen atoms in total. The summed E-state index contributed by atoms with van der Waals surface area (Å²) in [5.41, 5.74) is 5.98. The molecule has 16 heavy (non-hydrogen) atoms. The highest BCUT2D eigenvalue weighted by atomic mass is 16.1. The van der Waals surface area contributed by atoms with E-state index in [1.807, 2.05) is 0 Å². The van der Waals surface area contributed by atoms with E-state index in [0.717, 1.165) is 32.1 Å². The lowest BCUT2D eigenvalue weighted by Crippen LogP contribution is -2.31. The van der Waals surface area contributed by atoms with Gasteiger partial charge in [0.05, 0.1) is 0 Å². The van der Waals surface area contributed by atoms with Gasteiger partial charge in [-0.15, -0.1) is 0 Å². The first-order chi connectivity index (χ1) is 7.69. The SMILES string of the molecule is CCCCC(CC)CC(=O)C1CCCC1N. The number of hydrogen-bond acceptors (Lipinski definition) is 2. The van der Waals surface area contributed by atoms with Crippen molar-refractivity contribution in [2.75, 3.05) is 0 Å². The number of carbonyl (C=O) groups is 1. The standard InChI is InChI=1S/C14H27NO/c1-3-5-7-11(4-2)10-14(16)12-8-6-9-13(12)15/h11-13H,3-10,15H2,1-2H3. The molecule has 0 aromatic heterocycles. The Bertz CT molecular complexity index is 215. The average molecular weight is 225 g/mol. The summed E-state index contributed by atoms with van der Waals surface area (Å²) in [6, 6.07) is 0.149. The van der Waals surface area contributed by atoms with E-state index in [4.69, 9.17) is 5.73 Å². The minimum atomic E-state index is 0.149. The molecule has 2 N–H and O–H groups in total. The molecule has 1 aliphatic rings. The van der Waals surface area contributed by atoms with Crippen molar-refractivity contribution in [1.29, 1.82) is 0 Å². The molecular weight excluding hydrogens is 198 g/mol. The molecule has 0 saturated heterocycles. The molecule has 0 aromatic rings. The number of Topliss-reactive ketones (excluding diaryl/α,β-unsaturated/α-hetero) is 1. The summed E-state index contributed by atoms with van der Waals surface area (Å²) in [5, 5.41) is 0. The molecule has 1 aliphatic carbocycles. The van der Waals surface area contributed by atoms with Crippen LogP contribution in [0.3, 0.4) is 0 Å². The lowest BCUT2D eigenvalue weighted by Gasteiger charge is -2.18. The van der Waals surface area contributed by atoms with Gasteiger partial charge >= 0.3 is 0 Å². The normalized spacial score (nSPS) is 26.9. The second-order valence-corrected chi connectivity index (χ2v) is 5.29. The van der Waals surface area contributed by atoms with Crippen LogP contribution in [0.5, 0.6) is 0 Å². The fourth-order valence-corrected chi connectivity index (χ4v) is 2.77. The average Bonchev–Trinajstić information content (AvgIpc) is 2.70. The zero-order valence-corrected chi connectivity index (χ0v) is 10.9. The molecule has 0 aromatic carbocycles. The van der Waals surface area contributed by atoms with E-state index < -0.39 is 0 Å². The monoisotopic (exact) mass is 225 g/mol. The van der Waals surface area contributed by atoms with Gasteiger partial charge in [-0.1, -0.05) is 46.0 Å². The van der Waals surface area contributed by atoms with Crippen molar-refractivity contribution in [2.24, 2.45) is 17.6 Å². The molecular formula is C14H27NO. The molecule has 0 bridgehead atoms. The molecule has 3 atom stereocenters. The zero-order chi connectivity index (χ0) is 12.0. The largest absolute Gasteiger partial charge is 0.327 e. The highest BCUT2D eigenvalue weighted by molar-refractivity contribution is 5.82. The molecule has 1 saturated carbocycles. The van der Waals surface area contributed by atoms with Gasteiger partial charge in [-0.25, -0.2) is 0 Å². The molecule has 0 spiro atoms. The third-order valence-electron chi connectivity index (χ3n) is 4.02. The third-order valence-corrected chi connectivity index (χ3v) is 4.02. The molecule has 0 aliphatic heterocycles. The number of unbranched alkanes of at least 4 members (excludes halogenated alkanes) is 1. The fraction of sp³-hybridized carbons (Fsp3) is 0.929. The van der Waals surface area contributed by atoms with Crippen LogP contribution >= 0.6 is 0 Å². The van der Waals surface area contributed by atoms with Crippen LogP contribution in [0.4, 0.5) is 0 Å². The van der Waals surface area contributed by atoms with Crippen LogP contribution in [0.1, 0.15) is 65.2 Å². The minimum Gasteiger partial charge on any atom is -0.327 e. The van der Waals surface area contributed by atoms with Gasteiger partial charge in [-0.2, -0.15) is 0 Å². The first kappa shape index (κ1) is 13.7. The fourth-order valence-electron chi connectivity index (χ4n) is 2.77. The number of hydrogen-bond donors (Lipinski definition) is 1. The van der Waals surface area contributed by atoms with Crippen LogP contribution in [-0.2, 0) is 4.79 Å². The first-order valence-electron chi connectivity index (χ1n) is 6.97. The summed E-state index contributed by atoms with van der Waals surface area (Å²) >= 11 is 0. The van der Waals surface area contributed by atoms with Gasteiger partial charge in [-0.05, 0) is 18.8 Å². The van der Waals surface area contributed by atoms with Crippen LogP contribution < -0.4 is 5.73 Å². The Labute approximate surface area is 100.0 Å². The summed E-state index contributed by atoms with van der Waals surface area (Å²) in [6.07, 6.45) is 8.81. The molecule has 1 rings (SSSR count). The maximum Gasteiger partial charge on any atom is 0.137 e. The van der Waals surface area contributed by atoms with Gasteiger partial charge in [0, 0.05) is 18.4 Å². The second kappa shape index (κ2) is 7.05. The lowest BCUT2D eigenvalue weighted by molar-refractivity contribution is -0.124. The molecule has 0 heterocycles. The van der Waals surface area contributed by atoms with Crippen molar-refractivity contribution in [3.05, 3.63) is 0 Å². The Balaban J connectivity index is 2.35. The molecule has 3 unspecified atom stereocenters. The van der Waals surface area contributed by atoms with Crippen molar-refractivity contribution in [2.45, 2.75) is 71.3 Å². The number of carbonyl (C=O) groups excluding carboxylic acids is 1. The van der Waals surface area contributed by atoms with E-state index in [9.17, 15) is 4.79 Å².